The van der Waals surface area contributed by atoms with Crippen molar-refractivity contribution in [2.24, 2.45) is 5.92 Å². The van der Waals surface area contributed by atoms with Gasteiger partial charge in [-0.05, 0) is 24.1 Å². The molecule has 1 saturated heterocycles. The normalized spacial score (nSPS) is 15.8. The molecule has 0 aliphatic carbocycles. The average Bonchev–Trinajstić information content (AvgIpc) is 3.13. The Balaban J connectivity index is 1.62. The van der Waals surface area contributed by atoms with Crippen molar-refractivity contribution < 1.29 is 19.3 Å². The van der Waals surface area contributed by atoms with Crippen LogP contribution in [0.15, 0.2) is 48.5 Å². The van der Waals surface area contributed by atoms with Gasteiger partial charge in [0.2, 0.25) is 11.8 Å². The SMILES string of the molecule is CCc1ccccc1N1CC(C(=O)NNC(=O)c2cccc([N+](=O)[O-])c2)CC1=O. The number of carbonyl (C=O) groups excluding carboxylic acids is 3. The van der Waals surface area contributed by atoms with Crippen LogP contribution in [0.4, 0.5) is 11.4 Å². The summed E-state index contributed by atoms with van der Waals surface area (Å²) in [6.07, 6.45) is 0.798. The van der Waals surface area contributed by atoms with Gasteiger partial charge in [0.25, 0.3) is 11.6 Å². The molecule has 1 unspecified atom stereocenters. The molecule has 0 radical (unpaired) electrons. The van der Waals surface area contributed by atoms with Gasteiger partial charge in [0.15, 0.2) is 0 Å². The molecule has 2 N–H and O–H groups in total. The summed E-state index contributed by atoms with van der Waals surface area (Å²) in [6, 6.07) is 12.7. The molecule has 1 atom stereocenters. The molecular weight excluding hydrogens is 376 g/mol. The lowest BCUT2D eigenvalue weighted by Crippen LogP contribution is -2.45. The van der Waals surface area contributed by atoms with Crippen LogP contribution in [0, 0.1) is 16.0 Å². The number of para-hydroxylation sites is 1. The number of nitro benzene ring substituents is 1. The van der Waals surface area contributed by atoms with E-state index < -0.39 is 22.7 Å². The first-order valence-electron chi connectivity index (χ1n) is 9.13. The molecule has 0 spiro atoms. The molecule has 1 fully saturated rings. The molecule has 29 heavy (non-hydrogen) atoms. The predicted octanol–water partition coefficient (Wildman–Crippen LogP) is 1.97. The van der Waals surface area contributed by atoms with Crippen LogP contribution in [0.25, 0.3) is 0 Å². The van der Waals surface area contributed by atoms with Gasteiger partial charge in [-0.25, -0.2) is 0 Å². The second kappa shape index (κ2) is 8.51. The first-order chi connectivity index (χ1) is 13.9. The monoisotopic (exact) mass is 396 g/mol. The molecule has 3 rings (SSSR count). The third kappa shape index (κ3) is 4.40. The lowest BCUT2D eigenvalue weighted by Gasteiger charge is -2.20. The molecule has 0 saturated carbocycles. The molecule has 3 amide bonds. The van der Waals surface area contributed by atoms with Crippen LogP contribution in [0.1, 0.15) is 29.3 Å². The highest BCUT2D eigenvalue weighted by atomic mass is 16.6. The zero-order valence-electron chi connectivity index (χ0n) is 15.8. The van der Waals surface area contributed by atoms with Crippen molar-refractivity contribution in [1.82, 2.24) is 10.9 Å². The number of aryl methyl sites for hydroxylation is 1. The number of hydrazine groups is 1. The Labute approximate surface area is 166 Å². The van der Waals surface area contributed by atoms with E-state index in [2.05, 4.69) is 10.9 Å². The minimum absolute atomic E-state index is 0.0383. The summed E-state index contributed by atoms with van der Waals surface area (Å²) in [4.78, 5) is 48.8. The molecule has 0 aromatic heterocycles. The van der Waals surface area contributed by atoms with E-state index in [-0.39, 0.29) is 30.1 Å². The van der Waals surface area contributed by atoms with Crippen molar-refractivity contribution >= 4 is 29.1 Å². The van der Waals surface area contributed by atoms with Gasteiger partial charge in [-0.3, -0.25) is 35.3 Å². The van der Waals surface area contributed by atoms with Gasteiger partial charge in [-0.2, -0.15) is 0 Å². The summed E-state index contributed by atoms with van der Waals surface area (Å²) in [5.74, 6) is -1.94. The zero-order valence-corrected chi connectivity index (χ0v) is 15.8. The fourth-order valence-electron chi connectivity index (χ4n) is 3.24. The van der Waals surface area contributed by atoms with Gasteiger partial charge in [-0.1, -0.05) is 31.2 Å². The number of nitro groups is 1. The Morgan fingerprint density at radius 1 is 1.17 bits per heavy atom. The number of amides is 3. The predicted molar refractivity (Wildman–Crippen MR) is 105 cm³/mol. The summed E-state index contributed by atoms with van der Waals surface area (Å²) in [5, 5.41) is 10.8. The van der Waals surface area contributed by atoms with Crippen LogP contribution < -0.4 is 15.8 Å². The van der Waals surface area contributed by atoms with Crippen molar-refractivity contribution in [3.63, 3.8) is 0 Å². The van der Waals surface area contributed by atoms with Crippen LogP contribution in [0.5, 0.6) is 0 Å². The first kappa shape index (κ1) is 20.0. The van der Waals surface area contributed by atoms with E-state index in [4.69, 9.17) is 0 Å². The van der Waals surface area contributed by atoms with Crippen LogP contribution in [-0.2, 0) is 16.0 Å². The number of rotatable bonds is 5. The number of hydrogen-bond acceptors (Lipinski definition) is 5. The second-order valence-corrected chi connectivity index (χ2v) is 6.64. The largest absolute Gasteiger partial charge is 0.311 e. The van der Waals surface area contributed by atoms with Gasteiger partial charge in [-0.15, -0.1) is 0 Å². The molecule has 0 bridgehead atoms. The number of nitrogens with zero attached hydrogens (tertiary/aromatic N) is 2. The van der Waals surface area contributed by atoms with Gasteiger partial charge in [0.05, 0.1) is 10.8 Å². The Kier molecular flexibility index (Phi) is 5.87. The van der Waals surface area contributed by atoms with Crippen molar-refractivity contribution in [1.29, 1.82) is 0 Å². The van der Waals surface area contributed by atoms with Crippen LogP contribution in [0.3, 0.4) is 0 Å². The zero-order chi connectivity index (χ0) is 21.0. The number of carbonyl (C=O) groups is 3. The highest BCUT2D eigenvalue weighted by molar-refractivity contribution is 6.01. The molecule has 1 aliphatic heterocycles. The lowest BCUT2D eigenvalue weighted by atomic mass is 10.1. The average molecular weight is 396 g/mol. The Morgan fingerprint density at radius 2 is 1.93 bits per heavy atom. The lowest BCUT2D eigenvalue weighted by molar-refractivity contribution is -0.384. The van der Waals surface area contributed by atoms with Crippen molar-refractivity contribution in [2.45, 2.75) is 19.8 Å². The van der Waals surface area contributed by atoms with Gasteiger partial charge < -0.3 is 4.90 Å². The van der Waals surface area contributed by atoms with Gasteiger partial charge in [0, 0.05) is 36.3 Å². The van der Waals surface area contributed by atoms with Crippen LogP contribution >= 0.6 is 0 Å². The van der Waals surface area contributed by atoms with Crippen molar-refractivity contribution in [2.75, 3.05) is 11.4 Å². The van der Waals surface area contributed by atoms with Gasteiger partial charge in [0.1, 0.15) is 0 Å². The summed E-state index contributed by atoms with van der Waals surface area (Å²) in [6.45, 7) is 2.21. The van der Waals surface area contributed by atoms with E-state index in [0.29, 0.717) is 0 Å². The summed E-state index contributed by atoms with van der Waals surface area (Å²) in [7, 11) is 0. The minimum atomic E-state index is -0.681. The topological polar surface area (TPSA) is 122 Å². The summed E-state index contributed by atoms with van der Waals surface area (Å²) in [5.41, 5.74) is 6.17. The van der Waals surface area contributed by atoms with Crippen molar-refractivity contribution in [3.8, 4) is 0 Å². The quantitative estimate of drug-likeness (QED) is 0.591. The molecule has 1 heterocycles. The van der Waals surface area contributed by atoms with E-state index in [0.717, 1.165) is 23.7 Å². The summed E-state index contributed by atoms with van der Waals surface area (Å²) < 4.78 is 0. The number of hydrogen-bond donors (Lipinski definition) is 2. The van der Waals surface area contributed by atoms with Gasteiger partial charge >= 0.3 is 0 Å². The Morgan fingerprint density at radius 3 is 2.66 bits per heavy atom. The molecule has 9 heteroatoms. The third-order valence-electron chi connectivity index (χ3n) is 4.78. The van der Waals surface area contributed by atoms with E-state index in [1.807, 2.05) is 31.2 Å². The Bertz CT molecular complexity index is 975. The van der Waals surface area contributed by atoms with Crippen molar-refractivity contribution in [3.05, 3.63) is 69.8 Å². The number of benzene rings is 2. The number of nitrogens with one attached hydrogen (secondary N) is 2. The van der Waals surface area contributed by atoms with E-state index >= 15 is 0 Å². The molecule has 2 aromatic rings. The first-order valence-corrected chi connectivity index (χ1v) is 9.13. The molecular formula is C20H20N4O5. The number of non-ortho nitro benzene ring substituents is 1. The molecule has 150 valence electrons. The fraction of sp³-hybridized carbons (Fsp3) is 0.250. The highest BCUT2D eigenvalue weighted by Gasteiger charge is 2.36. The highest BCUT2D eigenvalue weighted by Crippen LogP contribution is 2.28. The molecule has 1 aliphatic rings. The van der Waals surface area contributed by atoms with E-state index in [9.17, 15) is 24.5 Å². The molecule has 2 aromatic carbocycles. The maximum absolute atomic E-state index is 12.4. The van der Waals surface area contributed by atoms with E-state index in [1.165, 1.54) is 18.2 Å². The van der Waals surface area contributed by atoms with Crippen LogP contribution in [0.2, 0.25) is 0 Å². The van der Waals surface area contributed by atoms with E-state index in [1.54, 1.807) is 4.90 Å². The maximum Gasteiger partial charge on any atom is 0.270 e. The standard InChI is InChI=1S/C20H20N4O5/c1-2-13-6-3-4-9-17(13)23-12-15(11-18(23)25)20(27)22-21-19(26)14-7-5-8-16(10-14)24(28)29/h3-10,15H,2,11-12H2,1H3,(H,21,26)(H,22,27). The smallest absolute Gasteiger partial charge is 0.270 e. The molecule has 9 nitrogen and oxygen atoms in total. The fourth-order valence-corrected chi connectivity index (χ4v) is 3.24. The number of anilines is 1. The van der Waals surface area contributed by atoms with Crippen LogP contribution in [-0.4, -0.2) is 29.2 Å². The Hall–Kier alpha value is -3.75. The minimum Gasteiger partial charge on any atom is -0.311 e. The maximum atomic E-state index is 12.4. The third-order valence-corrected chi connectivity index (χ3v) is 4.78. The second-order valence-electron chi connectivity index (χ2n) is 6.64. The summed E-state index contributed by atoms with van der Waals surface area (Å²) >= 11 is 0.